The van der Waals surface area contributed by atoms with E-state index in [1.807, 2.05) is 48.5 Å². The zero-order valence-corrected chi connectivity index (χ0v) is 10.9. The molecule has 4 nitrogen and oxygen atoms in total. The van der Waals surface area contributed by atoms with Gasteiger partial charge in [0.2, 0.25) is 0 Å². The lowest BCUT2D eigenvalue weighted by Gasteiger charge is -2.39. The smallest absolute Gasteiger partial charge is 0.283 e. The van der Waals surface area contributed by atoms with Crippen molar-refractivity contribution in [1.82, 2.24) is 0 Å². The summed E-state index contributed by atoms with van der Waals surface area (Å²) in [7, 11) is 0. The van der Waals surface area contributed by atoms with Gasteiger partial charge in [-0.3, -0.25) is 0 Å². The van der Waals surface area contributed by atoms with Crippen LogP contribution in [0, 0.1) is 0 Å². The number of aliphatic imine (C=N–C) groups is 1. The number of fused-ring (bicyclic) bond motifs is 4. The van der Waals surface area contributed by atoms with Crippen molar-refractivity contribution in [2.75, 3.05) is 6.61 Å². The fourth-order valence-corrected chi connectivity index (χ4v) is 3.03. The molecule has 0 bridgehead atoms. The lowest BCUT2D eigenvalue weighted by Crippen LogP contribution is -2.38. The van der Waals surface area contributed by atoms with Crippen LogP contribution in [0.5, 0.6) is 11.5 Å². The molecule has 0 aromatic heterocycles. The van der Waals surface area contributed by atoms with E-state index in [4.69, 9.17) is 15.2 Å². The summed E-state index contributed by atoms with van der Waals surface area (Å²) in [5, 5.41) is 0. The van der Waals surface area contributed by atoms with Gasteiger partial charge in [-0.2, -0.15) is 0 Å². The number of ether oxygens (including phenoxy) is 2. The molecular weight excluding hydrogens is 252 g/mol. The topological polar surface area (TPSA) is 56.8 Å². The Hall–Kier alpha value is -2.49. The molecule has 0 fully saturated rings. The second-order valence-electron chi connectivity index (χ2n) is 5.00. The van der Waals surface area contributed by atoms with Crippen LogP contribution >= 0.6 is 0 Å². The van der Waals surface area contributed by atoms with Gasteiger partial charge < -0.3 is 15.2 Å². The van der Waals surface area contributed by atoms with Crippen molar-refractivity contribution in [2.24, 2.45) is 10.7 Å². The van der Waals surface area contributed by atoms with Crippen molar-refractivity contribution in [3.63, 3.8) is 0 Å². The molecule has 2 heterocycles. The molecule has 100 valence electrons. The zero-order chi connectivity index (χ0) is 13.6. The third-order valence-electron chi connectivity index (χ3n) is 3.90. The Morgan fingerprint density at radius 3 is 2.15 bits per heavy atom. The molecule has 2 aliphatic rings. The quantitative estimate of drug-likeness (QED) is 0.797. The predicted octanol–water partition coefficient (Wildman–Crippen LogP) is 2.77. The van der Waals surface area contributed by atoms with Crippen LogP contribution in [0.25, 0.3) is 0 Å². The molecule has 4 rings (SSSR count). The maximum absolute atomic E-state index is 5.99. The van der Waals surface area contributed by atoms with E-state index in [9.17, 15) is 0 Å². The van der Waals surface area contributed by atoms with Crippen molar-refractivity contribution < 1.29 is 9.47 Å². The van der Waals surface area contributed by atoms with E-state index < -0.39 is 5.54 Å². The third kappa shape index (κ3) is 1.45. The Labute approximate surface area is 116 Å². The van der Waals surface area contributed by atoms with E-state index in [1.54, 1.807) is 0 Å². The van der Waals surface area contributed by atoms with E-state index >= 15 is 0 Å². The number of hydrogen-bond acceptors (Lipinski definition) is 4. The minimum Gasteiger partial charge on any atom is -0.465 e. The summed E-state index contributed by atoms with van der Waals surface area (Å²) in [4.78, 5) is 4.65. The van der Waals surface area contributed by atoms with Gasteiger partial charge in [-0.15, -0.1) is 0 Å². The molecule has 0 unspecified atom stereocenters. The Morgan fingerprint density at radius 2 is 1.55 bits per heavy atom. The summed E-state index contributed by atoms with van der Waals surface area (Å²) >= 11 is 0. The molecule has 0 saturated carbocycles. The van der Waals surface area contributed by atoms with E-state index in [1.165, 1.54) is 0 Å². The molecule has 4 heteroatoms. The predicted molar refractivity (Wildman–Crippen MR) is 75.9 cm³/mol. The molecule has 0 radical (unpaired) electrons. The lowest BCUT2D eigenvalue weighted by atomic mass is 9.78. The van der Waals surface area contributed by atoms with Gasteiger partial charge in [0.25, 0.3) is 6.02 Å². The van der Waals surface area contributed by atoms with Crippen LogP contribution in [0.3, 0.4) is 0 Å². The number of rotatable bonds is 0. The molecule has 1 spiro atoms. The average molecular weight is 266 g/mol. The number of nitrogens with zero attached hydrogens (tertiary/aromatic N) is 1. The SMILES string of the molecule is NC1=NC2(CCO1)c1ccccc1Oc1ccccc12. The second kappa shape index (κ2) is 4.00. The third-order valence-corrected chi connectivity index (χ3v) is 3.90. The Kier molecular flexibility index (Phi) is 2.27. The lowest BCUT2D eigenvalue weighted by molar-refractivity contribution is 0.219. The van der Waals surface area contributed by atoms with Gasteiger partial charge in [0.05, 0.1) is 6.61 Å². The fourth-order valence-electron chi connectivity index (χ4n) is 3.03. The highest BCUT2D eigenvalue weighted by molar-refractivity contribution is 5.75. The van der Waals surface area contributed by atoms with E-state index in [0.29, 0.717) is 6.61 Å². The summed E-state index contributed by atoms with van der Waals surface area (Å²) < 4.78 is 11.3. The van der Waals surface area contributed by atoms with Crippen LogP contribution in [0.15, 0.2) is 53.5 Å². The number of benzene rings is 2. The van der Waals surface area contributed by atoms with Crippen molar-refractivity contribution in [3.8, 4) is 11.5 Å². The van der Waals surface area contributed by atoms with Gasteiger partial charge in [0, 0.05) is 17.5 Å². The van der Waals surface area contributed by atoms with E-state index in [-0.39, 0.29) is 6.02 Å². The van der Waals surface area contributed by atoms with Gasteiger partial charge in [-0.05, 0) is 12.1 Å². The molecule has 0 saturated heterocycles. The number of para-hydroxylation sites is 2. The van der Waals surface area contributed by atoms with Gasteiger partial charge >= 0.3 is 0 Å². The normalized spacial score (nSPS) is 18.3. The highest BCUT2D eigenvalue weighted by Crippen LogP contribution is 2.51. The average Bonchev–Trinajstić information content (AvgIpc) is 2.48. The van der Waals surface area contributed by atoms with Crippen molar-refractivity contribution in [1.29, 1.82) is 0 Å². The van der Waals surface area contributed by atoms with Gasteiger partial charge in [0.1, 0.15) is 17.0 Å². The molecular formula is C16H14N2O2. The number of hydrogen-bond donors (Lipinski definition) is 1. The first kappa shape index (κ1) is 11.3. The van der Waals surface area contributed by atoms with Crippen LogP contribution in [0.2, 0.25) is 0 Å². The summed E-state index contributed by atoms with van der Waals surface area (Å²) in [6.45, 7) is 0.554. The van der Waals surface area contributed by atoms with Crippen LogP contribution in [-0.4, -0.2) is 12.6 Å². The molecule has 0 amide bonds. The van der Waals surface area contributed by atoms with Gasteiger partial charge in [-0.25, -0.2) is 4.99 Å². The summed E-state index contributed by atoms with van der Waals surface area (Å²) in [6, 6.07) is 16.2. The molecule has 0 aliphatic carbocycles. The highest BCUT2D eigenvalue weighted by atomic mass is 16.5. The first-order valence-electron chi connectivity index (χ1n) is 6.65. The molecule has 2 N–H and O–H groups in total. The van der Waals surface area contributed by atoms with Crippen molar-refractivity contribution in [3.05, 3.63) is 59.7 Å². The Balaban J connectivity index is 2.04. The van der Waals surface area contributed by atoms with Crippen molar-refractivity contribution in [2.45, 2.75) is 12.0 Å². The van der Waals surface area contributed by atoms with E-state index in [2.05, 4.69) is 4.99 Å². The maximum atomic E-state index is 5.99. The van der Waals surface area contributed by atoms with E-state index in [0.717, 1.165) is 29.0 Å². The van der Waals surface area contributed by atoms with Crippen LogP contribution in [0.1, 0.15) is 17.5 Å². The number of amidine groups is 1. The number of nitrogens with two attached hydrogens (primary N) is 1. The maximum Gasteiger partial charge on any atom is 0.283 e. The van der Waals surface area contributed by atoms with Crippen LogP contribution in [-0.2, 0) is 10.3 Å². The minimum absolute atomic E-state index is 0.239. The fraction of sp³-hybridized carbons (Fsp3) is 0.188. The van der Waals surface area contributed by atoms with Gasteiger partial charge in [-0.1, -0.05) is 36.4 Å². The standard InChI is InChI=1S/C16H14N2O2/c17-15-18-16(9-10-19-15)11-5-1-3-7-13(11)20-14-8-4-2-6-12(14)16/h1-8H,9-10H2,(H2,17,18). The first-order chi connectivity index (χ1) is 9.79. The highest BCUT2D eigenvalue weighted by Gasteiger charge is 2.44. The summed E-state index contributed by atoms with van der Waals surface area (Å²) in [5.41, 5.74) is 7.44. The Bertz CT molecular complexity index is 664. The molecule has 0 atom stereocenters. The van der Waals surface area contributed by atoms with Gasteiger partial charge in [0.15, 0.2) is 0 Å². The van der Waals surface area contributed by atoms with Crippen LogP contribution < -0.4 is 10.5 Å². The first-order valence-corrected chi connectivity index (χ1v) is 6.65. The largest absolute Gasteiger partial charge is 0.465 e. The monoisotopic (exact) mass is 266 g/mol. The molecule has 2 aliphatic heterocycles. The minimum atomic E-state index is -0.492. The molecule has 20 heavy (non-hydrogen) atoms. The second-order valence-corrected chi connectivity index (χ2v) is 5.00. The molecule has 2 aromatic carbocycles. The van der Waals surface area contributed by atoms with Crippen molar-refractivity contribution >= 4 is 6.02 Å². The summed E-state index contributed by atoms with van der Waals surface area (Å²) in [5.74, 6) is 1.68. The van der Waals surface area contributed by atoms with Crippen LogP contribution in [0.4, 0.5) is 0 Å². The molecule has 2 aromatic rings. The summed E-state index contributed by atoms with van der Waals surface area (Å²) in [6.07, 6.45) is 0.755. The Morgan fingerprint density at radius 1 is 0.950 bits per heavy atom. The zero-order valence-electron chi connectivity index (χ0n) is 10.9.